The van der Waals surface area contributed by atoms with E-state index in [2.05, 4.69) is 22.8 Å². The monoisotopic (exact) mass is 448 g/mol. The number of nitrogens with zero attached hydrogens (tertiary/aromatic N) is 2. The molecule has 0 bridgehead atoms. The number of nitrogens with one attached hydrogen (secondary N) is 2. The molecule has 0 saturated carbocycles. The predicted molar refractivity (Wildman–Crippen MR) is 120 cm³/mol. The zero-order chi connectivity index (χ0) is 22.6. The van der Waals surface area contributed by atoms with Crippen LogP contribution < -0.4 is 20.2 Å². The van der Waals surface area contributed by atoms with E-state index in [1.165, 1.54) is 19.4 Å². The molecule has 0 aliphatic heterocycles. The number of unbranched alkanes of at least 4 members (excludes halogenated alkanes) is 3. The summed E-state index contributed by atoms with van der Waals surface area (Å²) in [4.78, 5) is 22.9. The number of urea groups is 1. The van der Waals surface area contributed by atoms with Gasteiger partial charge in [0, 0.05) is 22.3 Å². The molecule has 2 rings (SSSR count). The molecule has 0 radical (unpaired) electrons. The van der Waals surface area contributed by atoms with Gasteiger partial charge >= 0.3 is 11.7 Å². The van der Waals surface area contributed by atoms with Gasteiger partial charge in [0.15, 0.2) is 5.75 Å². The highest BCUT2D eigenvalue weighted by atomic mass is 35.5. The smallest absolute Gasteiger partial charge is 0.339 e. The van der Waals surface area contributed by atoms with Crippen LogP contribution in [0.2, 0.25) is 5.02 Å². The van der Waals surface area contributed by atoms with Crippen molar-refractivity contribution in [3.8, 4) is 11.5 Å². The highest BCUT2D eigenvalue weighted by Gasteiger charge is 2.22. The summed E-state index contributed by atoms with van der Waals surface area (Å²) in [7, 11) is 1.40. The molecule has 2 N–H and O–H groups in total. The summed E-state index contributed by atoms with van der Waals surface area (Å²) in [6.45, 7) is 2.46. The average Bonchev–Trinajstić information content (AvgIpc) is 2.73. The molecule has 0 atom stereocenters. The van der Waals surface area contributed by atoms with Gasteiger partial charge in [0.2, 0.25) is 5.75 Å². The van der Waals surface area contributed by atoms with Crippen molar-refractivity contribution < 1.29 is 19.2 Å². The van der Waals surface area contributed by atoms with E-state index in [1.54, 1.807) is 30.3 Å². The quantitative estimate of drug-likeness (QED) is 0.207. The summed E-state index contributed by atoms with van der Waals surface area (Å²) in [5, 5.41) is 18.4. The summed E-state index contributed by atoms with van der Waals surface area (Å²) in [6, 6.07) is 8.90. The third kappa shape index (κ3) is 7.78. The lowest BCUT2D eigenvalue weighted by molar-refractivity contribution is -0.386. The van der Waals surface area contributed by atoms with Crippen LogP contribution in [0.1, 0.15) is 38.2 Å². The maximum Gasteiger partial charge on any atom is 0.339 e. The van der Waals surface area contributed by atoms with Crippen molar-refractivity contribution in [2.75, 3.05) is 19.0 Å². The number of hydrogen-bond donors (Lipinski definition) is 2. The summed E-state index contributed by atoms with van der Waals surface area (Å²) in [5.74, 6) is 0.294. The molecule has 2 amide bonds. The molecule has 0 aliphatic carbocycles. The fraction of sp³-hybridized carbons (Fsp3) is 0.333. The molecule has 0 aromatic heterocycles. The molecule has 0 spiro atoms. The van der Waals surface area contributed by atoms with E-state index in [0.717, 1.165) is 25.7 Å². The normalized spacial score (nSPS) is 10.7. The molecule has 2 aromatic carbocycles. The van der Waals surface area contributed by atoms with Crippen molar-refractivity contribution in [3.63, 3.8) is 0 Å². The summed E-state index contributed by atoms with van der Waals surface area (Å²) >= 11 is 5.87. The second kappa shape index (κ2) is 12.4. The molecule has 0 fully saturated rings. The van der Waals surface area contributed by atoms with Crippen LogP contribution in [0.15, 0.2) is 41.5 Å². The number of nitro benzene ring substituents is 1. The first-order chi connectivity index (χ1) is 14.9. The Bertz CT molecular complexity index is 936. The lowest BCUT2D eigenvalue weighted by Crippen LogP contribution is -2.24. The number of anilines is 1. The molecular formula is C21H25ClN4O5. The van der Waals surface area contributed by atoms with Crippen LogP contribution in [0.3, 0.4) is 0 Å². The second-order valence-corrected chi connectivity index (χ2v) is 7.01. The number of benzene rings is 2. The van der Waals surface area contributed by atoms with Gasteiger partial charge in [-0.05, 0) is 30.7 Å². The van der Waals surface area contributed by atoms with Gasteiger partial charge < -0.3 is 14.8 Å². The van der Waals surface area contributed by atoms with Crippen molar-refractivity contribution in [1.82, 2.24) is 5.43 Å². The number of hydrazone groups is 1. The van der Waals surface area contributed by atoms with Crippen LogP contribution in [0.4, 0.5) is 16.2 Å². The molecule has 10 heteroatoms. The highest BCUT2D eigenvalue weighted by Crippen LogP contribution is 2.38. The van der Waals surface area contributed by atoms with Gasteiger partial charge in [-0.15, -0.1) is 0 Å². The van der Waals surface area contributed by atoms with Crippen LogP contribution in [-0.4, -0.2) is 30.9 Å². The molecule has 0 heterocycles. The fourth-order valence-electron chi connectivity index (χ4n) is 2.71. The number of nitro groups is 1. The lowest BCUT2D eigenvalue weighted by Gasteiger charge is -2.12. The minimum Gasteiger partial charge on any atom is -0.493 e. The molecule has 9 nitrogen and oxygen atoms in total. The van der Waals surface area contributed by atoms with Gasteiger partial charge in [-0.2, -0.15) is 5.10 Å². The number of hydrogen-bond acceptors (Lipinski definition) is 6. The third-order valence-corrected chi connectivity index (χ3v) is 4.42. The maximum atomic E-state index is 11.9. The Kier molecular flexibility index (Phi) is 9.57. The minimum atomic E-state index is -0.591. The van der Waals surface area contributed by atoms with E-state index in [-0.39, 0.29) is 17.2 Å². The van der Waals surface area contributed by atoms with Gasteiger partial charge in [0.25, 0.3) is 0 Å². The molecule has 0 saturated heterocycles. The summed E-state index contributed by atoms with van der Waals surface area (Å²) in [5.41, 5.74) is 2.92. The zero-order valence-corrected chi connectivity index (χ0v) is 18.1. The average molecular weight is 449 g/mol. The van der Waals surface area contributed by atoms with Crippen LogP contribution >= 0.6 is 11.6 Å². The lowest BCUT2D eigenvalue weighted by atomic mass is 10.1. The topological polar surface area (TPSA) is 115 Å². The number of ether oxygens (including phenoxy) is 2. The van der Waals surface area contributed by atoms with Gasteiger partial charge in [-0.1, -0.05) is 43.9 Å². The Morgan fingerprint density at radius 2 is 2.06 bits per heavy atom. The summed E-state index contributed by atoms with van der Waals surface area (Å²) in [6.07, 6.45) is 5.22. The Balaban J connectivity index is 2.07. The van der Waals surface area contributed by atoms with Gasteiger partial charge in [0.05, 0.1) is 24.9 Å². The van der Waals surface area contributed by atoms with Crippen molar-refractivity contribution in [1.29, 1.82) is 0 Å². The van der Waals surface area contributed by atoms with Gasteiger partial charge in [-0.25, -0.2) is 10.2 Å². The number of amides is 2. The van der Waals surface area contributed by atoms with Crippen molar-refractivity contribution >= 4 is 35.2 Å². The zero-order valence-electron chi connectivity index (χ0n) is 17.4. The molecule has 0 aliphatic rings. The fourth-order valence-corrected chi connectivity index (χ4v) is 2.90. The predicted octanol–water partition coefficient (Wildman–Crippen LogP) is 5.37. The van der Waals surface area contributed by atoms with E-state index in [0.29, 0.717) is 22.9 Å². The standard InChI is InChI=1S/C21H25ClN4O5/c1-3-4-5-6-10-31-20-18(26(28)29)11-15(12-19(20)30-2)14-23-25-21(27)24-17-9-7-8-16(22)13-17/h7-9,11-14H,3-6,10H2,1-2H3,(H2,24,25,27)/b23-14-. The van der Waals surface area contributed by atoms with Crippen LogP contribution in [0, 0.1) is 10.1 Å². The van der Waals surface area contributed by atoms with E-state index < -0.39 is 11.0 Å². The van der Waals surface area contributed by atoms with Crippen molar-refractivity contribution in [2.45, 2.75) is 32.6 Å². The third-order valence-electron chi connectivity index (χ3n) is 4.18. The van der Waals surface area contributed by atoms with Crippen molar-refractivity contribution in [2.24, 2.45) is 5.10 Å². The Morgan fingerprint density at radius 1 is 1.26 bits per heavy atom. The first-order valence-electron chi connectivity index (χ1n) is 9.79. The van der Waals surface area contributed by atoms with Gasteiger partial charge in [-0.3, -0.25) is 10.1 Å². The molecular weight excluding hydrogens is 424 g/mol. The first kappa shape index (κ1) is 23.9. The van der Waals surface area contributed by atoms with Crippen molar-refractivity contribution in [3.05, 3.63) is 57.1 Å². The van der Waals surface area contributed by atoms with E-state index >= 15 is 0 Å². The largest absolute Gasteiger partial charge is 0.493 e. The Hall–Kier alpha value is -3.33. The number of carbonyl (C=O) groups is 1. The second-order valence-electron chi connectivity index (χ2n) is 6.57. The number of halogens is 1. The molecule has 31 heavy (non-hydrogen) atoms. The number of carbonyl (C=O) groups excluding carboxylic acids is 1. The first-order valence-corrected chi connectivity index (χ1v) is 10.2. The van der Waals surface area contributed by atoms with E-state index in [9.17, 15) is 14.9 Å². The Labute approximate surface area is 185 Å². The minimum absolute atomic E-state index is 0.0767. The van der Waals surface area contributed by atoms with Crippen LogP contribution in [0.5, 0.6) is 11.5 Å². The Morgan fingerprint density at radius 3 is 2.74 bits per heavy atom. The molecule has 166 valence electrons. The summed E-state index contributed by atoms with van der Waals surface area (Å²) < 4.78 is 10.9. The SMILES string of the molecule is CCCCCCOc1c(OC)cc(/C=N\NC(=O)Nc2cccc(Cl)c2)cc1[N+](=O)[O-]. The maximum absolute atomic E-state index is 11.9. The van der Waals surface area contributed by atoms with E-state index in [4.69, 9.17) is 21.1 Å². The van der Waals surface area contributed by atoms with Gasteiger partial charge in [0.1, 0.15) is 0 Å². The number of rotatable bonds is 11. The molecule has 2 aromatic rings. The van der Waals surface area contributed by atoms with Crippen LogP contribution in [0.25, 0.3) is 0 Å². The van der Waals surface area contributed by atoms with Crippen LogP contribution in [-0.2, 0) is 0 Å². The number of methoxy groups -OCH3 is 1. The van der Waals surface area contributed by atoms with E-state index in [1.807, 2.05) is 0 Å². The molecule has 0 unspecified atom stereocenters. The highest BCUT2D eigenvalue weighted by molar-refractivity contribution is 6.30.